The van der Waals surface area contributed by atoms with Crippen LogP contribution in [0.1, 0.15) is 37.3 Å². The largest absolute Gasteiger partial charge is 0.480 e. The molecular formula is C12H16N2O2. The molecule has 4 heteroatoms. The first-order valence-electron chi connectivity index (χ1n) is 5.55. The van der Waals surface area contributed by atoms with E-state index in [1.54, 1.807) is 6.20 Å². The van der Waals surface area contributed by atoms with Gasteiger partial charge in [-0.2, -0.15) is 0 Å². The summed E-state index contributed by atoms with van der Waals surface area (Å²) in [7, 11) is 0. The Hall–Kier alpha value is -1.42. The number of hydrogen-bond acceptors (Lipinski definition) is 3. The standard InChI is InChI=1S/C12H16N2O2/c13-12(11(15)16)6-4-9(5-7-12)10-3-1-2-8-14-10/h1-3,8-9H,4-7,13H2,(H,15,16). The lowest BCUT2D eigenvalue weighted by molar-refractivity contribution is -0.144. The van der Waals surface area contributed by atoms with Gasteiger partial charge in [-0.1, -0.05) is 6.07 Å². The molecule has 1 aliphatic rings. The zero-order valence-corrected chi connectivity index (χ0v) is 9.10. The van der Waals surface area contributed by atoms with Crippen LogP contribution in [0.4, 0.5) is 0 Å². The zero-order valence-electron chi connectivity index (χ0n) is 9.10. The number of aromatic nitrogens is 1. The molecule has 1 heterocycles. The van der Waals surface area contributed by atoms with Gasteiger partial charge in [-0.15, -0.1) is 0 Å². The van der Waals surface area contributed by atoms with Gasteiger partial charge in [-0.05, 0) is 37.8 Å². The first-order chi connectivity index (χ1) is 7.62. The maximum absolute atomic E-state index is 11.0. The minimum absolute atomic E-state index is 0.359. The summed E-state index contributed by atoms with van der Waals surface area (Å²) in [6.07, 6.45) is 4.45. The molecule has 0 bridgehead atoms. The Morgan fingerprint density at radius 3 is 2.62 bits per heavy atom. The molecule has 3 N–H and O–H groups in total. The highest BCUT2D eigenvalue weighted by molar-refractivity contribution is 5.78. The lowest BCUT2D eigenvalue weighted by Gasteiger charge is -2.33. The predicted molar refractivity (Wildman–Crippen MR) is 60.0 cm³/mol. The van der Waals surface area contributed by atoms with Crippen molar-refractivity contribution in [3.8, 4) is 0 Å². The smallest absolute Gasteiger partial charge is 0.323 e. The summed E-state index contributed by atoms with van der Waals surface area (Å²) in [5.41, 5.74) is 5.85. The third-order valence-electron chi connectivity index (χ3n) is 3.41. The number of carboxylic acid groups (broad SMARTS) is 1. The number of aliphatic carboxylic acids is 1. The van der Waals surface area contributed by atoms with E-state index in [2.05, 4.69) is 4.98 Å². The van der Waals surface area contributed by atoms with Crippen LogP contribution in [0.25, 0.3) is 0 Å². The molecule has 0 amide bonds. The van der Waals surface area contributed by atoms with Crippen LogP contribution in [0, 0.1) is 0 Å². The Bertz CT molecular complexity index is 370. The maximum atomic E-state index is 11.0. The number of rotatable bonds is 2. The zero-order chi connectivity index (χ0) is 11.6. The lowest BCUT2D eigenvalue weighted by atomic mass is 9.76. The Labute approximate surface area is 94.5 Å². The molecule has 0 atom stereocenters. The van der Waals surface area contributed by atoms with Gasteiger partial charge in [0.2, 0.25) is 0 Å². The fraction of sp³-hybridized carbons (Fsp3) is 0.500. The first kappa shape index (κ1) is 11.1. The minimum atomic E-state index is -1.02. The average molecular weight is 220 g/mol. The van der Waals surface area contributed by atoms with Gasteiger partial charge in [0, 0.05) is 17.8 Å². The third kappa shape index (κ3) is 2.07. The molecule has 16 heavy (non-hydrogen) atoms. The number of nitrogens with two attached hydrogens (primary N) is 1. The molecule has 2 rings (SSSR count). The van der Waals surface area contributed by atoms with Gasteiger partial charge in [0.15, 0.2) is 0 Å². The SMILES string of the molecule is NC1(C(=O)O)CCC(c2ccccn2)CC1. The van der Waals surface area contributed by atoms with Crippen LogP contribution in [-0.4, -0.2) is 21.6 Å². The van der Waals surface area contributed by atoms with E-state index in [9.17, 15) is 4.79 Å². The van der Waals surface area contributed by atoms with Crippen LogP contribution in [0.15, 0.2) is 24.4 Å². The van der Waals surface area contributed by atoms with Crippen molar-refractivity contribution < 1.29 is 9.90 Å². The highest BCUT2D eigenvalue weighted by Crippen LogP contribution is 2.35. The molecule has 0 unspecified atom stereocenters. The van der Waals surface area contributed by atoms with Crippen LogP contribution < -0.4 is 5.73 Å². The van der Waals surface area contributed by atoms with Gasteiger partial charge in [0.05, 0.1) is 0 Å². The van der Waals surface area contributed by atoms with Crippen molar-refractivity contribution in [3.05, 3.63) is 30.1 Å². The molecule has 0 aromatic carbocycles. The normalized spacial score (nSPS) is 29.9. The van der Waals surface area contributed by atoms with Crippen LogP contribution in [-0.2, 0) is 4.79 Å². The van der Waals surface area contributed by atoms with E-state index in [-0.39, 0.29) is 0 Å². The number of pyridine rings is 1. The van der Waals surface area contributed by atoms with Gasteiger partial charge >= 0.3 is 5.97 Å². The highest BCUT2D eigenvalue weighted by Gasteiger charge is 2.38. The minimum Gasteiger partial charge on any atom is -0.480 e. The second-order valence-electron chi connectivity index (χ2n) is 4.49. The van der Waals surface area contributed by atoms with Crippen LogP contribution in [0.3, 0.4) is 0 Å². The second kappa shape index (κ2) is 4.22. The Kier molecular flexibility index (Phi) is 2.92. The Balaban J connectivity index is 2.03. The summed E-state index contributed by atoms with van der Waals surface area (Å²) >= 11 is 0. The molecule has 0 aliphatic heterocycles. The van der Waals surface area contributed by atoms with Crippen molar-refractivity contribution in [2.24, 2.45) is 5.73 Å². The van der Waals surface area contributed by atoms with Crippen molar-refractivity contribution >= 4 is 5.97 Å². The number of carboxylic acids is 1. The van der Waals surface area contributed by atoms with Crippen molar-refractivity contribution in [3.63, 3.8) is 0 Å². The van der Waals surface area contributed by atoms with Gasteiger partial charge < -0.3 is 10.8 Å². The van der Waals surface area contributed by atoms with E-state index < -0.39 is 11.5 Å². The van der Waals surface area contributed by atoms with E-state index >= 15 is 0 Å². The summed E-state index contributed by atoms with van der Waals surface area (Å²) in [5.74, 6) is -0.524. The molecule has 86 valence electrons. The molecule has 1 aliphatic carbocycles. The van der Waals surface area contributed by atoms with Gasteiger partial charge in [0.25, 0.3) is 0 Å². The number of carbonyl (C=O) groups is 1. The van der Waals surface area contributed by atoms with Gasteiger partial charge in [-0.25, -0.2) is 0 Å². The molecule has 4 nitrogen and oxygen atoms in total. The average Bonchev–Trinajstić information content (AvgIpc) is 2.31. The Morgan fingerprint density at radius 2 is 2.12 bits per heavy atom. The summed E-state index contributed by atoms with van der Waals surface area (Å²) in [6.45, 7) is 0. The fourth-order valence-corrected chi connectivity index (χ4v) is 2.26. The molecule has 1 aromatic rings. The van der Waals surface area contributed by atoms with E-state index in [1.165, 1.54) is 0 Å². The third-order valence-corrected chi connectivity index (χ3v) is 3.41. The Morgan fingerprint density at radius 1 is 1.44 bits per heavy atom. The van der Waals surface area contributed by atoms with E-state index in [0.29, 0.717) is 18.8 Å². The summed E-state index contributed by atoms with van der Waals surface area (Å²) in [6, 6.07) is 5.84. The number of hydrogen-bond donors (Lipinski definition) is 2. The van der Waals surface area contributed by atoms with Crippen molar-refractivity contribution in [2.75, 3.05) is 0 Å². The first-order valence-corrected chi connectivity index (χ1v) is 5.55. The maximum Gasteiger partial charge on any atom is 0.323 e. The quantitative estimate of drug-likeness (QED) is 0.792. The van der Waals surface area contributed by atoms with E-state index in [0.717, 1.165) is 18.5 Å². The van der Waals surface area contributed by atoms with Crippen molar-refractivity contribution in [1.82, 2.24) is 4.98 Å². The van der Waals surface area contributed by atoms with E-state index in [1.807, 2.05) is 18.2 Å². The topological polar surface area (TPSA) is 76.2 Å². The van der Waals surface area contributed by atoms with Crippen LogP contribution >= 0.6 is 0 Å². The fourth-order valence-electron chi connectivity index (χ4n) is 2.26. The second-order valence-corrected chi connectivity index (χ2v) is 4.49. The monoisotopic (exact) mass is 220 g/mol. The molecule has 1 aromatic heterocycles. The van der Waals surface area contributed by atoms with Gasteiger partial charge in [-0.3, -0.25) is 9.78 Å². The molecule has 0 radical (unpaired) electrons. The van der Waals surface area contributed by atoms with Crippen molar-refractivity contribution in [1.29, 1.82) is 0 Å². The summed E-state index contributed by atoms with van der Waals surface area (Å²) < 4.78 is 0. The van der Waals surface area contributed by atoms with Crippen LogP contribution in [0.5, 0.6) is 0 Å². The molecule has 1 fully saturated rings. The molecular weight excluding hydrogens is 204 g/mol. The highest BCUT2D eigenvalue weighted by atomic mass is 16.4. The molecule has 0 spiro atoms. The van der Waals surface area contributed by atoms with Gasteiger partial charge in [0.1, 0.15) is 5.54 Å². The van der Waals surface area contributed by atoms with E-state index in [4.69, 9.17) is 10.8 Å². The summed E-state index contributed by atoms with van der Waals surface area (Å²) in [4.78, 5) is 15.3. The molecule has 0 saturated heterocycles. The molecule has 1 saturated carbocycles. The summed E-state index contributed by atoms with van der Waals surface area (Å²) in [5, 5.41) is 9.01. The lowest BCUT2D eigenvalue weighted by Crippen LogP contribution is -2.50. The van der Waals surface area contributed by atoms with Crippen LogP contribution in [0.2, 0.25) is 0 Å². The van der Waals surface area contributed by atoms with Crippen molar-refractivity contribution in [2.45, 2.75) is 37.1 Å². The predicted octanol–water partition coefficient (Wildman–Crippen LogP) is 1.52. The number of nitrogens with zero attached hydrogens (tertiary/aromatic N) is 1.